The maximum absolute atomic E-state index is 5.07. The van der Waals surface area contributed by atoms with Crippen molar-refractivity contribution in [1.82, 2.24) is 15.2 Å². The summed E-state index contributed by atoms with van der Waals surface area (Å²) in [5, 5.41) is 7.21. The first-order chi connectivity index (χ1) is 3.83. The normalized spacial score (nSPS) is 7.30. The zero-order valence-corrected chi connectivity index (χ0v) is 11.2. The van der Waals surface area contributed by atoms with Crippen LogP contribution >= 0.6 is 0 Å². The van der Waals surface area contributed by atoms with E-state index in [9.17, 15) is 0 Å². The Morgan fingerprint density at radius 1 is 1.50 bits per heavy atom. The third kappa shape index (κ3) is 3.43. The molecule has 1 heterocycles. The Bertz CT molecular complexity index is 197. The molecule has 1 aromatic heterocycles. The van der Waals surface area contributed by atoms with Gasteiger partial charge < -0.3 is 15.2 Å². The minimum absolute atomic E-state index is 0. The summed E-state index contributed by atoms with van der Waals surface area (Å²) in [6.07, 6.45) is 1.32. The molecule has 0 atom stereocenters. The number of nitrogens with zero attached hydrogens (tertiary/aromatic N) is 3. The Morgan fingerprint density at radius 3 is 2.30 bits per heavy atom. The fourth-order valence-electron chi connectivity index (χ4n) is 0.405. The average molecular weight is 475 g/mol. The van der Waals surface area contributed by atoms with Crippen LogP contribution < -0.4 is 4.98 Å². The summed E-state index contributed by atoms with van der Waals surface area (Å²) in [5.41, 5.74) is 0. The molecule has 5 heteroatoms. The van der Waals surface area contributed by atoms with Gasteiger partial charge in [0, 0.05) is 21.1 Å². The molecule has 52 valence electrons. The summed E-state index contributed by atoms with van der Waals surface area (Å²) < 4.78 is 0. The molecule has 0 radical (unpaired) electrons. The Hall–Kier alpha value is 0.257. The van der Waals surface area contributed by atoms with Crippen LogP contribution in [0.4, 0.5) is 0 Å². The first-order valence-electron chi connectivity index (χ1n) is 2.22. The van der Waals surface area contributed by atoms with Crippen molar-refractivity contribution in [2.75, 3.05) is 0 Å². The average Bonchev–Trinajstić information content (AvgIpc) is 2.14. The molecule has 0 aliphatic carbocycles. The molecule has 0 aromatic carbocycles. The summed E-state index contributed by atoms with van der Waals surface area (Å²) in [5.74, 6) is 1.14. The van der Waals surface area contributed by atoms with E-state index in [0.29, 0.717) is 11.6 Å². The van der Waals surface area contributed by atoms with E-state index in [1.54, 1.807) is 6.92 Å². The van der Waals surface area contributed by atoms with Crippen LogP contribution in [-0.2, 0) is 42.1 Å². The molecule has 0 saturated heterocycles. The van der Waals surface area contributed by atoms with Gasteiger partial charge in [-0.05, 0) is 12.7 Å². The number of hydrogen-bond acceptors (Lipinski definition) is 2. The van der Waals surface area contributed by atoms with Gasteiger partial charge in [0.05, 0.1) is 0 Å². The molecule has 3 nitrogen and oxygen atoms in total. The van der Waals surface area contributed by atoms with Crippen LogP contribution in [0.25, 0.3) is 6.08 Å². The van der Waals surface area contributed by atoms with Crippen molar-refractivity contribution in [1.29, 1.82) is 0 Å². The van der Waals surface area contributed by atoms with Crippen molar-refractivity contribution in [3.63, 3.8) is 0 Å². The Labute approximate surface area is 88.2 Å². The zero-order chi connectivity index (χ0) is 5.98. The van der Waals surface area contributed by atoms with Crippen LogP contribution in [0, 0.1) is 13.5 Å². The number of hydrogen-bond donors (Lipinski definition) is 0. The summed E-state index contributed by atoms with van der Waals surface area (Å²) in [6, 6.07) is 0. The minimum atomic E-state index is 0. The first kappa shape index (κ1) is 12.9. The SMILES string of the molecule is [CH-]=Cc1nnc(C)[n-]1.[W+2].[W]. The molecular weight excluding hydrogens is 470 g/mol. The van der Waals surface area contributed by atoms with Gasteiger partial charge in [-0.2, -0.15) is 0 Å². The van der Waals surface area contributed by atoms with E-state index in [1.807, 2.05) is 0 Å². The van der Waals surface area contributed by atoms with E-state index in [-0.39, 0.29) is 42.1 Å². The van der Waals surface area contributed by atoms with Crippen molar-refractivity contribution >= 4 is 6.08 Å². The standard InChI is InChI=1S/C5H5N3.2W/c1-3-5-6-4(2)7-8-5;;/h1,3H,2H3;;/q-2;;+2. The molecule has 0 spiro atoms. The predicted octanol–water partition coefficient (Wildman–Crippen LogP) is 0.183. The van der Waals surface area contributed by atoms with Gasteiger partial charge in [-0.1, -0.05) is 0 Å². The second-order valence-electron chi connectivity index (χ2n) is 1.38. The van der Waals surface area contributed by atoms with E-state index >= 15 is 0 Å². The molecule has 0 fully saturated rings. The fraction of sp³-hybridized carbons (Fsp3) is 0.200. The second-order valence-corrected chi connectivity index (χ2v) is 1.38. The van der Waals surface area contributed by atoms with E-state index < -0.39 is 0 Å². The monoisotopic (exact) mass is 475 g/mol. The number of aryl methyl sites for hydroxylation is 1. The molecular formula is C5H5N3W2. The van der Waals surface area contributed by atoms with Gasteiger partial charge in [0.25, 0.3) is 0 Å². The quantitative estimate of drug-likeness (QED) is 0.546. The van der Waals surface area contributed by atoms with Gasteiger partial charge >= 0.3 is 21.1 Å². The maximum Gasteiger partial charge on any atom is 2.00 e. The van der Waals surface area contributed by atoms with Crippen LogP contribution in [0.5, 0.6) is 0 Å². The van der Waals surface area contributed by atoms with Crippen LogP contribution in [0.3, 0.4) is 0 Å². The van der Waals surface area contributed by atoms with E-state index in [1.165, 1.54) is 6.08 Å². The predicted molar refractivity (Wildman–Crippen MR) is 28.9 cm³/mol. The van der Waals surface area contributed by atoms with Gasteiger partial charge in [0.2, 0.25) is 0 Å². The molecule has 0 N–H and O–H groups in total. The van der Waals surface area contributed by atoms with Gasteiger partial charge in [-0.15, -0.1) is 5.82 Å². The zero-order valence-electron chi connectivity index (χ0n) is 5.31. The van der Waals surface area contributed by atoms with Crippen LogP contribution in [0.1, 0.15) is 11.6 Å². The third-order valence-electron chi connectivity index (χ3n) is 0.723. The Kier molecular flexibility index (Phi) is 7.73. The minimum Gasteiger partial charge on any atom is -0.461 e. The van der Waals surface area contributed by atoms with Gasteiger partial charge in [-0.3, -0.25) is 6.58 Å². The van der Waals surface area contributed by atoms with Crippen molar-refractivity contribution in [2.45, 2.75) is 6.92 Å². The van der Waals surface area contributed by atoms with E-state index in [4.69, 9.17) is 6.58 Å². The van der Waals surface area contributed by atoms with Gasteiger partial charge in [-0.25, -0.2) is 6.08 Å². The van der Waals surface area contributed by atoms with Crippen LogP contribution in [-0.4, -0.2) is 10.2 Å². The van der Waals surface area contributed by atoms with Crippen molar-refractivity contribution in [3.8, 4) is 0 Å². The summed E-state index contributed by atoms with van der Waals surface area (Å²) in [4.78, 5) is 3.83. The number of rotatable bonds is 1. The molecule has 10 heavy (non-hydrogen) atoms. The summed E-state index contributed by atoms with van der Waals surface area (Å²) in [7, 11) is 0. The summed E-state index contributed by atoms with van der Waals surface area (Å²) in [6.45, 7) is 6.84. The first-order valence-corrected chi connectivity index (χ1v) is 2.22. The second kappa shape index (κ2) is 6.00. The van der Waals surface area contributed by atoms with Crippen molar-refractivity contribution < 1.29 is 42.1 Å². The molecule has 0 bridgehead atoms. The number of aromatic nitrogens is 3. The molecule has 1 aromatic rings. The van der Waals surface area contributed by atoms with Crippen LogP contribution in [0.15, 0.2) is 0 Å². The smallest absolute Gasteiger partial charge is 0.461 e. The molecule has 1 rings (SSSR count). The van der Waals surface area contributed by atoms with E-state index in [0.717, 1.165) is 0 Å². The van der Waals surface area contributed by atoms with Crippen molar-refractivity contribution in [3.05, 3.63) is 18.2 Å². The van der Waals surface area contributed by atoms with Gasteiger partial charge in [0.1, 0.15) is 0 Å². The Morgan fingerprint density at radius 2 is 2.10 bits per heavy atom. The third-order valence-corrected chi connectivity index (χ3v) is 0.723. The van der Waals surface area contributed by atoms with E-state index in [2.05, 4.69) is 15.2 Å². The van der Waals surface area contributed by atoms with Gasteiger partial charge in [0.15, 0.2) is 0 Å². The molecule has 0 aliphatic rings. The molecule has 0 amide bonds. The topological polar surface area (TPSA) is 39.9 Å². The van der Waals surface area contributed by atoms with Crippen LogP contribution in [0.2, 0.25) is 0 Å². The largest absolute Gasteiger partial charge is 2.00 e. The Balaban J connectivity index is 0. The maximum atomic E-state index is 5.07. The molecule has 0 unspecified atom stereocenters. The summed E-state index contributed by atoms with van der Waals surface area (Å²) >= 11 is 0. The fourth-order valence-corrected chi connectivity index (χ4v) is 0.405. The van der Waals surface area contributed by atoms with Crippen molar-refractivity contribution in [2.24, 2.45) is 0 Å². The molecule has 0 saturated carbocycles. The molecule has 0 aliphatic heterocycles.